The molecule has 1 aliphatic carbocycles. The van der Waals surface area contributed by atoms with Gasteiger partial charge in [0.25, 0.3) is 0 Å². The van der Waals surface area contributed by atoms with Crippen molar-refractivity contribution in [1.29, 1.82) is 0 Å². The molecule has 5 rings (SSSR count). The maximum atomic E-state index is 12.2. The van der Waals surface area contributed by atoms with Gasteiger partial charge >= 0.3 is 6.09 Å². The topological polar surface area (TPSA) is 66.0 Å². The molecule has 1 heterocycles. The fraction of sp³-hybridized carbons (Fsp3) is 0.321. The SMILES string of the molecule is O=C(NCCCOC1COC(c2ccccc2)OC1)OCC1c2ccccc2-c2ccccc21. The summed E-state index contributed by atoms with van der Waals surface area (Å²) in [6.07, 6.45) is -0.161. The van der Waals surface area contributed by atoms with Gasteiger partial charge in [-0.3, -0.25) is 0 Å². The number of benzene rings is 3. The highest BCUT2D eigenvalue weighted by Crippen LogP contribution is 2.44. The number of ether oxygens (including phenoxy) is 4. The molecule has 0 unspecified atom stereocenters. The van der Waals surface area contributed by atoms with Crippen LogP contribution in [-0.4, -0.2) is 45.2 Å². The number of hydrogen-bond acceptors (Lipinski definition) is 5. The molecule has 0 saturated carbocycles. The molecule has 6 heteroatoms. The predicted octanol–water partition coefficient (Wildman–Crippen LogP) is 5.05. The van der Waals surface area contributed by atoms with E-state index in [1.54, 1.807) is 0 Å². The Hall–Kier alpha value is -3.19. The molecule has 0 aromatic heterocycles. The molecule has 1 aliphatic heterocycles. The Labute approximate surface area is 199 Å². The van der Waals surface area contributed by atoms with E-state index in [4.69, 9.17) is 18.9 Å². The van der Waals surface area contributed by atoms with Gasteiger partial charge in [-0.25, -0.2) is 4.79 Å². The number of alkyl carbamates (subject to hydrolysis) is 1. The summed E-state index contributed by atoms with van der Waals surface area (Å²) in [5.74, 6) is 0.0625. The lowest BCUT2D eigenvalue weighted by atomic mass is 9.98. The summed E-state index contributed by atoms with van der Waals surface area (Å²) in [5, 5.41) is 2.82. The number of fused-ring (bicyclic) bond motifs is 3. The Bertz CT molecular complexity index is 1050. The van der Waals surface area contributed by atoms with Crippen molar-refractivity contribution < 1.29 is 23.7 Å². The first-order chi connectivity index (χ1) is 16.8. The van der Waals surface area contributed by atoms with Crippen LogP contribution in [0.2, 0.25) is 0 Å². The Morgan fingerprint density at radius 3 is 2.15 bits per heavy atom. The number of amides is 1. The van der Waals surface area contributed by atoms with Gasteiger partial charge in [-0.2, -0.15) is 0 Å². The minimum atomic E-state index is -0.406. The molecule has 6 nitrogen and oxygen atoms in total. The van der Waals surface area contributed by atoms with Crippen LogP contribution in [0.15, 0.2) is 78.9 Å². The summed E-state index contributed by atoms with van der Waals surface area (Å²) in [7, 11) is 0. The van der Waals surface area contributed by atoms with Crippen molar-refractivity contribution in [3.05, 3.63) is 95.6 Å². The average Bonchev–Trinajstić information content (AvgIpc) is 3.22. The molecule has 0 atom stereocenters. The molecule has 1 saturated heterocycles. The lowest BCUT2D eigenvalue weighted by molar-refractivity contribution is -0.230. The van der Waals surface area contributed by atoms with Crippen molar-refractivity contribution >= 4 is 6.09 Å². The van der Waals surface area contributed by atoms with E-state index in [1.807, 2.05) is 54.6 Å². The van der Waals surface area contributed by atoms with Gasteiger partial charge in [0, 0.05) is 24.6 Å². The van der Waals surface area contributed by atoms with Crippen LogP contribution < -0.4 is 5.32 Å². The van der Waals surface area contributed by atoms with E-state index < -0.39 is 6.09 Å². The second-order valence-corrected chi connectivity index (χ2v) is 8.51. The Balaban J connectivity index is 0.996. The molecule has 3 aromatic carbocycles. The smallest absolute Gasteiger partial charge is 0.407 e. The zero-order valence-corrected chi connectivity index (χ0v) is 19.0. The quantitative estimate of drug-likeness (QED) is 0.478. The van der Waals surface area contributed by atoms with E-state index >= 15 is 0 Å². The van der Waals surface area contributed by atoms with Crippen LogP contribution in [0.5, 0.6) is 0 Å². The standard InChI is InChI=1S/C28H29NO5/c30-28(34-19-26-24-13-6-4-11-22(24)23-12-5-7-14-25(23)26)29-15-8-16-31-21-17-32-27(33-18-21)20-9-2-1-3-10-20/h1-7,9-14,21,26-27H,8,15-19H2,(H,29,30). The zero-order valence-electron chi connectivity index (χ0n) is 19.0. The Morgan fingerprint density at radius 2 is 1.47 bits per heavy atom. The van der Waals surface area contributed by atoms with Crippen molar-refractivity contribution in [1.82, 2.24) is 5.32 Å². The van der Waals surface area contributed by atoms with Gasteiger partial charge in [0.2, 0.25) is 0 Å². The minimum absolute atomic E-state index is 0.0625. The van der Waals surface area contributed by atoms with E-state index in [2.05, 4.69) is 29.6 Å². The Morgan fingerprint density at radius 1 is 0.853 bits per heavy atom. The molecule has 0 bridgehead atoms. The van der Waals surface area contributed by atoms with E-state index in [0.717, 1.165) is 5.56 Å². The molecule has 0 spiro atoms. The van der Waals surface area contributed by atoms with Crippen molar-refractivity contribution in [2.45, 2.75) is 24.7 Å². The summed E-state index contributed by atoms with van der Waals surface area (Å²) in [5.41, 5.74) is 5.85. The number of nitrogens with one attached hydrogen (secondary N) is 1. The number of hydrogen-bond donors (Lipinski definition) is 1. The molecule has 1 amide bonds. The van der Waals surface area contributed by atoms with Gasteiger partial charge in [0.1, 0.15) is 12.7 Å². The normalized spacial score (nSPS) is 19.3. The molecular formula is C28H29NO5. The van der Waals surface area contributed by atoms with Crippen LogP contribution in [0, 0.1) is 0 Å². The third kappa shape index (κ3) is 5.14. The molecule has 176 valence electrons. The lowest BCUT2D eigenvalue weighted by Gasteiger charge is -2.29. The third-order valence-electron chi connectivity index (χ3n) is 6.23. The highest BCUT2D eigenvalue weighted by atomic mass is 16.7. The minimum Gasteiger partial charge on any atom is -0.449 e. The van der Waals surface area contributed by atoms with Crippen molar-refractivity contribution in [2.75, 3.05) is 33.0 Å². The van der Waals surface area contributed by atoms with Crippen LogP contribution >= 0.6 is 0 Å². The second kappa shape index (κ2) is 10.8. The average molecular weight is 460 g/mol. The fourth-order valence-corrected chi connectivity index (χ4v) is 4.55. The van der Waals surface area contributed by atoms with Crippen LogP contribution in [0.25, 0.3) is 11.1 Å². The number of carbonyl (C=O) groups excluding carboxylic acids is 1. The number of carbonyl (C=O) groups is 1. The van der Waals surface area contributed by atoms with Gasteiger partial charge < -0.3 is 24.3 Å². The van der Waals surface area contributed by atoms with Gasteiger partial charge in [0.15, 0.2) is 6.29 Å². The predicted molar refractivity (Wildman–Crippen MR) is 129 cm³/mol. The number of rotatable bonds is 8. The first-order valence-electron chi connectivity index (χ1n) is 11.8. The van der Waals surface area contributed by atoms with Gasteiger partial charge in [-0.15, -0.1) is 0 Å². The summed E-state index contributed by atoms with van der Waals surface area (Å²) < 4.78 is 22.9. The molecule has 1 N–H and O–H groups in total. The molecule has 1 fully saturated rings. The van der Waals surface area contributed by atoms with Crippen LogP contribution in [0.1, 0.15) is 35.3 Å². The van der Waals surface area contributed by atoms with Crippen LogP contribution in [0.4, 0.5) is 4.79 Å². The Kier molecular flexibility index (Phi) is 7.19. The summed E-state index contributed by atoms with van der Waals surface area (Å²) in [6.45, 7) is 2.28. The maximum absolute atomic E-state index is 12.2. The van der Waals surface area contributed by atoms with Crippen molar-refractivity contribution in [2.24, 2.45) is 0 Å². The highest BCUT2D eigenvalue weighted by molar-refractivity contribution is 5.79. The fourth-order valence-electron chi connectivity index (χ4n) is 4.55. The van der Waals surface area contributed by atoms with E-state index in [-0.39, 0.29) is 18.3 Å². The second-order valence-electron chi connectivity index (χ2n) is 8.51. The van der Waals surface area contributed by atoms with Gasteiger partial charge in [0.05, 0.1) is 13.2 Å². The van der Waals surface area contributed by atoms with Crippen LogP contribution in [-0.2, 0) is 18.9 Å². The largest absolute Gasteiger partial charge is 0.449 e. The van der Waals surface area contributed by atoms with E-state index in [1.165, 1.54) is 22.3 Å². The highest BCUT2D eigenvalue weighted by Gasteiger charge is 2.29. The molecule has 3 aromatic rings. The first-order valence-corrected chi connectivity index (χ1v) is 11.8. The van der Waals surface area contributed by atoms with E-state index in [0.29, 0.717) is 39.4 Å². The van der Waals surface area contributed by atoms with Crippen molar-refractivity contribution in [3.8, 4) is 11.1 Å². The van der Waals surface area contributed by atoms with Crippen molar-refractivity contribution in [3.63, 3.8) is 0 Å². The summed E-state index contributed by atoms with van der Waals surface area (Å²) in [6, 6.07) is 26.5. The maximum Gasteiger partial charge on any atom is 0.407 e. The molecule has 0 radical (unpaired) electrons. The first kappa shape index (κ1) is 22.6. The van der Waals surface area contributed by atoms with Gasteiger partial charge in [-0.05, 0) is 28.7 Å². The molecular weight excluding hydrogens is 430 g/mol. The molecule has 2 aliphatic rings. The van der Waals surface area contributed by atoms with E-state index in [9.17, 15) is 4.79 Å². The van der Waals surface area contributed by atoms with Gasteiger partial charge in [-0.1, -0.05) is 78.9 Å². The molecule has 34 heavy (non-hydrogen) atoms. The third-order valence-corrected chi connectivity index (χ3v) is 6.23. The summed E-state index contributed by atoms with van der Waals surface area (Å²) >= 11 is 0. The lowest BCUT2D eigenvalue weighted by Crippen LogP contribution is -2.34. The summed E-state index contributed by atoms with van der Waals surface area (Å²) in [4.78, 5) is 12.2. The van der Waals surface area contributed by atoms with Crippen LogP contribution in [0.3, 0.4) is 0 Å². The monoisotopic (exact) mass is 459 g/mol. The zero-order chi connectivity index (χ0) is 23.2.